The normalized spacial score (nSPS) is 15.6. The Kier molecular flexibility index (Phi) is 3.36. The van der Waals surface area contributed by atoms with Crippen molar-refractivity contribution >= 4 is 11.7 Å². The number of aromatic nitrogens is 3. The lowest BCUT2D eigenvalue weighted by Gasteiger charge is -2.34. The molecule has 3 rings (SSSR count). The van der Waals surface area contributed by atoms with Gasteiger partial charge in [0.2, 0.25) is 0 Å². The van der Waals surface area contributed by atoms with Gasteiger partial charge in [-0.15, -0.1) is 0 Å². The van der Waals surface area contributed by atoms with Crippen molar-refractivity contribution in [3.05, 3.63) is 22.7 Å². The van der Waals surface area contributed by atoms with Crippen LogP contribution in [0.2, 0.25) is 0 Å². The maximum Gasteiger partial charge on any atom is 0.259 e. The average molecular weight is 291 g/mol. The Balaban J connectivity index is 1.69. The quantitative estimate of drug-likeness (QED) is 0.813. The molecule has 0 saturated carbocycles. The Bertz CT molecular complexity index is 635. The molecule has 0 radical (unpaired) electrons. The van der Waals surface area contributed by atoms with Crippen LogP contribution in [0.5, 0.6) is 0 Å². The fraction of sp³-hybridized carbons (Fsp3) is 0.538. The zero-order valence-corrected chi connectivity index (χ0v) is 12.3. The topological polar surface area (TPSA) is 88.5 Å². The second-order valence-corrected chi connectivity index (χ2v) is 5.15. The predicted molar refractivity (Wildman–Crippen MR) is 73.1 cm³/mol. The number of aryl methyl sites for hydroxylation is 3. The summed E-state index contributed by atoms with van der Waals surface area (Å²) in [6.45, 7) is 8.03. The third-order valence-electron chi connectivity index (χ3n) is 3.74. The molecule has 1 aliphatic rings. The maximum absolute atomic E-state index is 12.5. The van der Waals surface area contributed by atoms with Gasteiger partial charge in [0.1, 0.15) is 17.0 Å². The van der Waals surface area contributed by atoms with E-state index >= 15 is 0 Å². The molecule has 1 saturated heterocycles. The highest BCUT2D eigenvalue weighted by Crippen LogP contribution is 2.19. The van der Waals surface area contributed by atoms with Crippen LogP contribution in [0.4, 0.5) is 5.82 Å². The van der Waals surface area contributed by atoms with Crippen LogP contribution in [-0.2, 0) is 0 Å². The summed E-state index contributed by atoms with van der Waals surface area (Å²) >= 11 is 0. The molecule has 21 heavy (non-hydrogen) atoms. The van der Waals surface area contributed by atoms with E-state index in [4.69, 9.17) is 9.15 Å². The Morgan fingerprint density at radius 2 is 1.71 bits per heavy atom. The molecular formula is C13H17N5O3. The highest BCUT2D eigenvalue weighted by Gasteiger charge is 2.28. The number of hydrogen-bond donors (Lipinski definition) is 0. The molecule has 0 spiro atoms. The molecule has 1 amide bonds. The molecule has 1 aliphatic heterocycles. The number of amides is 1. The molecule has 8 heteroatoms. The van der Waals surface area contributed by atoms with Crippen LogP contribution in [0.3, 0.4) is 0 Å². The van der Waals surface area contributed by atoms with Crippen molar-refractivity contribution in [2.24, 2.45) is 0 Å². The lowest BCUT2D eigenvalue weighted by molar-refractivity contribution is 0.0744. The number of piperazine rings is 1. The van der Waals surface area contributed by atoms with E-state index in [1.165, 1.54) is 0 Å². The largest absolute Gasteiger partial charge is 0.361 e. The smallest absolute Gasteiger partial charge is 0.259 e. The molecule has 0 aliphatic carbocycles. The molecule has 0 unspecified atom stereocenters. The summed E-state index contributed by atoms with van der Waals surface area (Å²) in [5.74, 6) is 1.29. The second kappa shape index (κ2) is 5.19. The number of hydrogen-bond acceptors (Lipinski definition) is 7. The SMILES string of the molecule is Cc1nonc1N1CCN(C(=O)c2c(C)noc2C)CC1. The molecule has 2 aromatic rings. The zero-order chi connectivity index (χ0) is 15.0. The van der Waals surface area contributed by atoms with E-state index in [9.17, 15) is 4.79 Å². The third-order valence-corrected chi connectivity index (χ3v) is 3.74. The number of carbonyl (C=O) groups excluding carboxylic acids is 1. The number of rotatable bonds is 2. The Morgan fingerprint density at radius 3 is 2.24 bits per heavy atom. The van der Waals surface area contributed by atoms with Crippen molar-refractivity contribution in [2.45, 2.75) is 20.8 Å². The summed E-state index contributed by atoms with van der Waals surface area (Å²) in [6.07, 6.45) is 0. The van der Waals surface area contributed by atoms with E-state index in [1.54, 1.807) is 13.8 Å². The molecule has 0 N–H and O–H groups in total. The first-order valence-corrected chi connectivity index (χ1v) is 6.84. The Hall–Kier alpha value is -2.38. The van der Waals surface area contributed by atoms with Crippen LogP contribution in [0.15, 0.2) is 9.15 Å². The third kappa shape index (κ3) is 2.37. The molecule has 0 atom stereocenters. The number of carbonyl (C=O) groups is 1. The van der Waals surface area contributed by atoms with E-state index in [1.807, 2.05) is 11.8 Å². The average Bonchev–Trinajstić information content (AvgIpc) is 3.05. The minimum absolute atomic E-state index is 0.0269. The van der Waals surface area contributed by atoms with Gasteiger partial charge >= 0.3 is 0 Å². The van der Waals surface area contributed by atoms with Gasteiger partial charge in [-0.05, 0) is 25.9 Å². The van der Waals surface area contributed by atoms with Gasteiger partial charge in [-0.2, -0.15) is 0 Å². The van der Waals surface area contributed by atoms with Gasteiger partial charge in [-0.25, -0.2) is 4.63 Å². The van der Waals surface area contributed by atoms with E-state index in [2.05, 4.69) is 20.4 Å². The van der Waals surface area contributed by atoms with Gasteiger partial charge in [-0.1, -0.05) is 10.3 Å². The van der Waals surface area contributed by atoms with Crippen LogP contribution in [-0.4, -0.2) is 52.5 Å². The number of anilines is 1. The lowest BCUT2D eigenvalue weighted by atomic mass is 10.1. The highest BCUT2D eigenvalue weighted by atomic mass is 16.6. The van der Waals surface area contributed by atoms with Crippen LogP contribution in [0.25, 0.3) is 0 Å². The minimum atomic E-state index is -0.0269. The molecule has 8 nitrogen and oxygen atoms in total. The Morgan fingerprint density at radius 1 is 1.00 bits per heavy atom. The lowest BCUT2D eigenvalue weighted by Crippen LogP contribution is -2.49. The highest BCUT2D eigenvalue weighted by molar-refractivity contribution is 5.96. The van der Waals surface area contributed by atoms with Gasteiger partial charge < -0.3 is 14.3 Å². The summed E-state index contributed by atoms with van der Waals surface area (Å²) in [5.41, 5.74) is 1.97. The number of nitrogens with zero attached hydrogens (tertiary/aromatic N) is 5. The first-order valence-electron chi connectivity index (χ1n) is 6.84. The van der Waals surface area contributed by atoms with Gasteiger partial charge in [0, 0.05) is 26.2 Å². The van der Waals surface area contributed by atoms with Gasteiger partial charge in [0.05, 0.1) is 5.69 Å². The minimum Gasteiger partial charge on any atom is -0.361 e. The van der Waals surface area contributed by atoms with Gasteiger partial charge in [0.25, 0.3) is 5.91 Å². The van der Waals surface area contributed by atoms with Gasteiger partial charge in [-0.3, -0.25) is 4.79 Å². The molecule has 112 valence electrons. The van der Waals surface area contributed by atoms with E-state index in [0.717, 1.165) is 11.5 Å². The predicted octanol–water partition coefficient (Wildman–Crippen LogP) is 0.945. The van der Waals surface area contributed by atoms with Crippen molar-refractivity contribution in [1.82, 2.24) is 20.4 Å². The molecule has 3 heterocycles. The summed E-state index contributed by atoms with van der Waals surface area (Å²) in [5, 5.41) is 11.5. The molecule has 0 bridgehead atoms. The first-order chi connectivity index (χ1) is 10.1. The van der Waals surface area contributed by atoms with E-state index in [-0.39, 0.29) is 5.91 Å². The summed E-state index contributed by atoms with van der Waals surface area (Å²) in [6, 6.07) is 0. The van der Waals surface area contributed by atoms with Crippen LogP contribution in [0, 0.1) is 20.8 Å². The standard InChI is InChI=1S/C13H17N5O3/c1-8-11(10(3)20-14-8)13(19)18-6-4-17(5-7-18)12-9(2)15-21-16-12/h4-7H2,1-3H3. The molecule has 0 aromatic carbocycles. The zero-order valence-electron chi connectivity index (χ0n) is 12.3. The van der Waals surface area contributed by atoms with Crippen molar-refractivity contribution in [3.63, 3.8) is 0 Å². The molecular weight excluding hydrogens is 274 g/mol. The summed E-state index contributed by atoms with van der Waals surface area (Å²) < 4.78 is 9.78. The monoisotopic (exact) mass is 291 g/mol. The molecule has 2 aromatic heterocycles. The fourth-order valence-corrected chi connectivity index (χ4v) is 2.58. The van der Waals surface area contributed by atoms with Crippen molar-refractivity contribution in [1.29, 1.82) is 0 Å². The van der Waals surface area contributed by atoms with Gasteiger partial charge in [0.15, 0.2) is 5.82 Å². The van der Waals surface area contributed by atoms with Crippen LogP contribution in [0.1, 0.15) is 27.5 Å². The molecule has 1 fully saturated rings. The Labute approximate surface area is 121 Å². The second-order valence-electron chi connectivity index (χ2n) is 5.15. The van der Waals surface area contributed by atoms with Crippen molar-refractivity contribution in [3.8, 4) is 0 Å². The van der Waals surface area contributed by atoms with Crippen LogP contribution >= 0.6 is 0 Å². The maximum atomic E-state index is 12.5. The van der Waals surface area contributed by atoms with E-state index < -0.39 is 0 Å². The van der Waals surface area contributed by atoms with Crippen molar-refractivity contribution in [2.75, 3.05) is 31.1 Å². The summed E-state index contributed by atoms with van der Waals surface area (Å²) in [4.78, 5) is 16.4. The van der Waals surface area contributed by atoms with E-state index in [0.29, 0.717) is 43.2 Å². The first kappa shape index (κ1) is 13.6. The van der Waals surface area contributed by atoms with Crippen molar-refractivity contribution < 1.29 is 13.9 Å². The fourth-order valence-electron chi connectivity index (χ4n) is 2.58. The summed E-state index contributed by atoms with van der Waals surface area (Å²) in [7, 11) is 0. The van der Waals surface area contributed by atoms with Crippen LogP contribution < -0.4 is 4.90 Å².